The fourth-order valence-corrected chi connectivity index (χ4v) is 5.16. The van der Waals surface area contributed by atoms with Crippen molar-refractivity contribution in [1.82, 2.24) is 9.80 Å². The molecular weight excluding hydrogens is 319 g/mol. The molecule has 2 saturated heterocycles. The van der Waals surface area contributed by atoms with Crippen molar-refractivity contribution >= 4 is 0 Å². The van der Waals surface area contributed by atoms with Gasteiger partial charge >= 0.3 is 0 Å². The van der Waals surface area contributed by atoms with Crippen LogP contribution in [0.4, 0.5) is 4.39 Å². The van der Waals surface area contributed by atoms with Crippen LogP contribution in [0.1, 0.15) is 31.2 Å². The number of halogens is 1. The smallest absolute Gasteiger partial charge is 0.165 e. The van der Waals surface area contributed by atoms with Crippen LogP contribution in [0, 0.1) is 17.7 Å². The van der Waals surface area contributed by atoms with Gasteiger partial charge in [0.15, 0.2) is 11.6 Å². The molecule has 2 heterocycles. The lowest BCUT2D eigenvalue weighted by atomic mass is 9.77. The normalized spacial score (nSPS) is 33.6. The lowest BCUT2D eigenvalue weighted by Gasteiger charge is -2.40. The van der Waals surface area contributed by atoms with E-state index in [1.807, 2.05) is 6.07 Å². The minimum atomic E-state index is -0.307. The molecule has 0 bridgehead atoms. The number of aliphatic hydroxyl groups is 1. The third-order valence-electron chi connectivity index (χ3n) is 6.42. The summed E-state index contributed by atoms with van der Waals surface area (Å²) in [4.78, 5) is 4.97. The number of aliphatic hydroxyl groups excluding tert-OH is 1. The number of rotatable bonds is 4. The molecule has 0 spiro atoms. The molecule has 0 radical (unpaired) electrons. The molecule has 4 atom stereocenters. The minimum absolute atomic E-state index is 0.176. The second-order valence-electron chi connectivity index (χ2n) is 8.03. The number of fused-ring (bicyclic) bond motifs is 1. The Kier molecular flexibility index (Phi) is 4.98. The van der Waals surface area contributed by atoms with E-state index >= 15 is 0 Å². The van der Waals surface area contributed by atoms with E-state index in [1.54, 1.807) is 6.07 Å². The Hall–Kier alpha value is -1.17. The number of ether oxygens (including phenoxy) is 1. The summed E-state index contributed by atoms with van der Waals surface area (Å²) in [5, 5.41) is 10.6. The van der Waals surface area contributed by atoms with Crippen LogP contribution in [0.3, 0.4) is 0 Å². The average Bonchev–Trinajstić information content (AvgIpc) is 3.24. The molecule has 138 valence electrons. The minimum Gasteiger partial charge on any atom is -0.494 e. The number of nitrogens with zero attached hydrogens (tertiary/aromatic N) is 2. The van der Waals surface area contributed by atoms with Gasteiger partial charge in [-0.05, 0) is 68.3 Å². The van der Waals surface area contributed by atoms with E-state index in [4.69, 9.17) is 4.74 Å². The molecule has 3 aliphatic rings. The third-order valence-corrected chi connectivity index (χ3v) is 6.42. The first-order valence-electron chi connectivity index (χ1n) is 9.61. The highest BCUT2D eigenvalue weighted by Crippen LogP contribution is 2.39. The van der Waals surface area contributed by atoms with E-state index in [-0.39, 0.29) is 11.9 Å². The lowest BCUT2D eigenvalue weighted by molar-refractivity contribution is -0.000861. The van der Waals surface area contributed by atoms with Gasteiger partial charge in [-0.3, -0.25) is 9.80 Å². The zero-order valence-electron chi connectivity index (χ0n) is 15.0. The van der Waals surface area contributed by atoms with Crippen LogP contribution in [0.2, 0.25) is 0 Å². The molecule has 1 N–H and O–H groups in total. The monoisotopic (exact) mass is 348 g/mol. The summed E-state index contributed by atoms with van der Waals surface area (Å²) in [5.41, 5.74) is 1.09. The number of benzene rings is 1. The molecule has 4 nitrogen and oxygen atoms in total. The van der Waals surface area contributed by atoms with Gasteiger partial charge in [0, 0.05) is 25.7 Å². The maximum absolute atomic E-state index is 13.6. The van der Waals surface area contributed by atoms with Gasteiger partial charge in [0.25, 0.3) is 0 Å². The molecule has 1 aromatic rings. The van der Waals surface area contributed by atoms with E-state index in [0.29, 0.717) is 23.6 Å². The van der Waals surface area contributed by atoms with Gasteiger partial charge < -0.3 is 9.84 Å². The topological polar surface area (TPSA) is 35.9 Å². The second-order valence-corrected chi connectivity index (χ2v) is 8.03. The molecule has 0 aromatic heterocycles. The van der Waals surface area contributed by atoms with Crippen molar-refractivity contribution in [2.45, 2.75) is 44.4 Å². The highest BCUT2D eigenvalue weighted by Gasteiger charge is 2.43. The summed E-state index contributed by atoms with van der Waals surface area (Å²) in [6.45, 7) is 5.25. The predicted octanol–water partition coefficient (Wildman–Crippen LogP) is 2.50. The Bertz CT molecular complexity index is 605. The van der Waals surface area contributed by atoms with Crippen LogP contribution >= 0.6 is 0 Å². The summed E-state index contributed by atoms with van der Waals surface area (Å²) >= 11 is 0. The zero-order chi connectivity index (χ0) is 17.4. The van der Waals surface area contributed by atoms with Crippen molar-refractivity contribution in [3.05, 3.63) is 29.6 Å². The maximum Gasteiger partial charge on any atom is 0.165 e. The third kappa shape index (κ3) is 3.55. The molecule has 25 heavy (non-hydrogen) atoms. The quantitative estimate of drug-likeness (QED) is 0.907. The fraction of sp³-hybridized carbons (Fsp3) is 0.700. The van der Waals surface area contributed by atoms with Crippen molar-refractivity contribution in [1.29, 1.82) is 0 Å². The Morgan fingerprint density at radius 1 is 1.16 bits per heavy atom. The Morgan fingerprint density at radius 3 is 2.60 bits per heavy atom. The van der Waals surface area contributed by atoms with Gasteiger partial charge in [0.1, 0.15) is 0 Å². The first-order valence-corrected chi connectivity index (χ1v) is 9.61. The molecule has 0 amide bonds. The SMILES string of the molecule is COc1cc(CN2C[C@H]3C[C@@H](N4CCCC4)[C@H](O)C[C@H]3C2)ccc1F. The molecule has 1 aliphatic carbocycles. The highest BCUT2D eigenvalue weighted by atomic mass is 19.1. The zero-order valence-corrected chi connectivity index (χ0v) is 15.0. The maximum atomic E-state index is 13.6. The largest absolute Gasteiger partial charge is 0.494 e. The highest BCUT2D eigenvalue weighted by molar-refractivity contribution is 5.30. The number of methoxy groups -OCH3 is 1. The van der Waals surface area contributed by atoms with Crippen molar-refractivity contribution in [3.63, 3.8) is 0 Å². The Labute approximate surface area is 149 Å². The van der Waals surface area contributed by atoms with Crippen molar-refractivity contribution in [2.24, 2.45) is 11.8 Å². The van der Waals surface area contributed by atoms with Crippen molar-refractivity contribution in [2.75, 3.05) is 33.3 Å². The molecule has 1 saturated carbocycles. The van der Waals surface area contributed by atoms with Crippen LogP contribution in [-0.4, -0.2) is 60.3 Å². The molecule has 1 aromatic carbocycles. The van der Waals surface area contributed by atoms with Gasteiger partial charge in [0.05, 0.1) is 13.2 Å². The molecule has 4 rings (SSSR count). The Morgan fingerprint density at radius 2 is 1.88 bits per heavy atom. The van der Waals surface area contributed by atoms with Crippen LogP contribution in [0.15, 0.2) is 18.2 Å². The Balaban J connectivity index is 1.39. The van der Waals surface area contributed by atoms with Crippen molar-refractivity contribution < 1.29 is 14.2 Å². The lowest BCUT2D eigenvalue weighted by Crippen LogP contribution is -2.48. The molecule has 5 heteroatoms. The first-order chi connectivity index (χ1) is 12.1. The van der Waals surface area contributed by atoms with E-state index in [2.05, 4.69) is 9.80 Å². The van der Waals surface area contributed by atoms with Crippen LogP contribution in [0.5, 0.6) is 5.75 Å². The van der Waals surface area contributed by atoms with Crippen LogP contribution in [-0.2, 0) is 6.54 Å². The first kappa shape index (κ1) is 17.3. The summed E-state index contributed by atoms with van der Waals surface area (Å²) < 4.78 is 18.7. The standard InChI is InChI=1S/C20H29FN2O2/c1-25-20-8-14(4-5-17(20)21)11-22-12-15-9-18(23-6-2-3-7-23)19(24)10-16(15)13-22/h4-5,8,15-16,18-19,24H,2-3,6-7,9-13H2,1H3/t15-,16+,18-,19-/m1/s1. The number of hydrogen-bond acceptors (Lipinski definition) is 4. The van der Waals surface area contributed by atoms with Gasteiger partial charge in [-0.2, -0.15) is 0 Å². The van der Waals surface area contributed by atoms with E-state index in [1.165, 1.54) is 26.0 Å². The summed E-state index contributed by atoms with van der Waals surface area (Å²) in [6.07, 6.45) is 4.42. The number of hydrogen-bond donors (Lipinski definition) is 1. The van der Waals surface area contributed by atoms with E-state index < -0.39 is 0 Å². The molecular formula is C20H29FN2O2. The van der Waals surface area contributed by atoms with Crippen LogP contribution < -0.4 is 4.74 Å². The van der Waals surface area contributed by atoms with Gasteiger partial charge in [-0.15, -0.1) is 0 Å². The molecule has 0 unspecified atom stereocenters. The van der Waals surface area contributed by atoms with Crippen molar-refractivity contribution in [3.8, 4) is 5.75 Å². The van der Waals surface area contributed by atoms with Gasteiger partial charge in [0.2, 0.25) is 0 Å². The van der Waals surface area contributed by atoms with Gasteiger partial charge in [-0.1, -0.05) is 6.07 Å². The summed E-state index contributed by atoms with van der Waals surface area (Å²) in [7, 11) is 1.51. The predicted molar refractivity (Wildman–Crippen MR) is 95.0 cm³/mol. The second kappa shape index (κ2) is 7.22. The average molecular weight is 348 g/mol. The molecule has 3 fully saturated rings. The van der Waals surface area contributed by atoms with E-state index in [0.717, 1.165) is 51.1 Å². The fourth-order valence-electron chi connectivity index (χ4n) is 5.16. The van der Waals surface area contributed by atoms with Crippen LogP contribution in [0.25, 0.3) is 0 Å². The number of likely N-dealkylation sites (tertiary alicyclic amines) is 2. The van der Waals surface area contributed by atoms with E-state index in [9.17, 15) is 9.50 Å². The summed E-state index contributed by atoms with van der Waals surface area (Å²) in [6, 6.07) is 5.50. The van der Waals surface area contributed by atoms with Gasteiger partial charge in [-0.25, -0.2) is 4.39 Å². The molecule has 2 aliphatic heterocycles. The summed E-state index contributed by atoms with van der Waals surface area (Å²) in [5.74, 6) is 1.28.